The van der Waals surface area contributed by atoms with Crippen molar-refractivity contribution in [1.82, 2.24) is 19.5 Å². The van der Waals surface area contributed by atoms with Crippen molar-refractivity contribution in [3.63, 3.8) is 0 Å². The zero-order chi connectivity index (χ0) is 18.0. The van der Waals surface area contributed by atoms with Crippen LogP contribution in [0.2, 0.25) is 0 Å². The van der Waals surface area contributed by atoms with Gasteiger partial charge in [0.25, 0.3) is 10.0 Å². The summed E-state index contributed by atoms with van der Waals surface area (Å²) in [5.74, 6) is 1.37. The molecule has 2 aromatic heterocycles. The van der Waals surface area contributed by atoms with E-state index in [0.29, 0.717) is 11.6 Å². The van der Waals surface area contributed by atoms with E-state index in [4.69, 9.17) is 0 Å². The predicted molar refractivity (Wildman–Crippen MR) is 96.1 cm³/mol. The summed E-state index contributed by atoms with van der Waals surface area (Å²) in [7, 11) is -3.75. The lowest BCUT2D eigenvalue weighted by Crippen LogP contribution is -2.34. The molecule has 0 bridgehead atoms. The standard InChI is InChI=1S/C16H24N6O2S/c1-12(2)22-10-15(19-11-22)25(23,24)20-14-8-17-16(18-9-14)21-6-4-13(3)5-7-21/h8-13,20H,4-7H2,1-3H3. The van der Waals surface area contributed by atoms with Crippen LogP contribution in [-0.4, -0.2) is 41.0 Å². The molecule has 0 spiro atoms. The van der Waals surface area contributed by atoms with Crippen molar-refractivity contribution < 1.29 is 8.42 Å². The number of imidazole rings is 1. The molecule has 3 rings (SSSR count). The quantitative estimate of drug-likeness (QED) is 0.875. The zero-order valence-corrected chi connectivity index (χ0v) is 15.6. The first-order valence-electron chi connectivity index (χ1n) is 8.48. The van der Waals surface area contributed by atoms with Gasteiger partial charge in [-0.25, -0.2) is 15.0 Å². The van der Waals surface area contributed by atoms with Crippen LogP contribution in [0, 0.1) is 5.92 Å². The average Bonchev–Trinajstić information content (AvgIpc) is 3.07. The third kappa shape index (κ3) is 4.09. The van der Waals surface area contributed by atoms with Gasteiger partial charge in [0.1, 0.15) is 0 Å². The maximum atomic E-state index is 12.4. The van der Waals surface area contributed by atoms with Gasteiger partial charge in [0, 0.05) is 25.3 Å². The number of nitrogens with one attached hydrogen (secondary N) is 1. The normalized spacial score (nSPS) is 16.4. The third-order valence-corrected chi connectivity index (χ3v) is 5.67. The summed E-state index contributed by atoms with van der Waals surface area (Å²) in [4.78, 5) is 14.7. The van der Waals surface area contributed by atoms with E-state index in [1.807, 2.05) is 13.8 Å². The van der Waals surface area contributed by atoms with E-state index >= 15 is 0 Å². The molecule has 2 aromatic rings. The average molecular weight is 364 g/mol. The molecule has 0 atom stereocenters. The number of hydrogen-bond donors (Lipinski definition) is 1. The third-order valence-electron chi connectivity index (χ3n) is 4.41. The molecule has 1 aliphatic heterocycles. The predicted octanol–water partition coefficient (Wildman–Crippen LogP) is 2.29. The molecule has 1 fully saturated rings. The number of hydrogen-bond acceptors (Lipinski definition) is 6. The summed E-state index contributed by atoms with van der Waals surface area (Å²) in [6.07, 6.45) is 8.26. The summed E-state index contributed by atoms with van der Waals surface area (Å²) >= 11 is 0. The molecule has 25 heavy (non-hydrogen) atoms. The van der Waals surface area contributed by atoms with Crippen molar-refractivity contribution in [3.8, 4) is 0 Å². The minimum Gasteiger partial charge on any atom is -0.341 e. The van der Waals surface area contributed by atoms with E-state index in [0.717, 1.165) is 31.8 Å². The Morgan fingerprint density at radius 1 is 1.16 bits per heavy atom. The molecule has 136 valence electrons. The summed E-state index contributed by atoms with van der Waals surface area (Å²) in [5.41, 5.74) is 0.327. The number of piperidine rings is 1. The van der Waals surface area contributed by atoms with Crippen LogP contribution in [0.3, 0.4) is 0 Å². The van der Waals surface area contributed by atoms with Gasteiger partial charge in [-0.3, -0.25) is 4.72 Å². The van der Waals surface area contributed by atoms with Crippen LogP contribution < -0.4 is 9.62 Å². The first-order valence-corrected chi connectivity index (χ1v) is 9.97. The Labute approximate surface area is 148 Å². The highest BCUT2D eigenvalue weighted by Gasteiger charge is 2.20. The molecular weight excluding hydrogens is 340 g/mol. The molecule has 0 amide bonds. The van der Waals surface area contributed by atoms with E-state index in [1.54, 1.807) is 4.57 Å². The maximum Gasteiger partial charge on any atom is 0.281 e. The number of sulfonamides is 1. The van der Waals surface area contributed by atoms with Crippen molar-refractivity contribution in [3.05, 3.63) is 24.9 Å². The molecule has 0 aromatic carbocycles. The summed E-state index contributed by atoms with van der Waals surface area (Å²) in [6.45, 7) is 8.02. The molecule has 1 saturated heterocycles. The summed E-state index contributed by atoms with van der Waals surface area (Å²) in [5, 5.41) is -0.0182. The van der Waals surface area contributed by atoms with Crippen LogP contribution in [0.25, 0.3) is 0 Å². The maximum absolute atomic E-state index is 12.4. The van der Waals surface area contributed by atoms with Gasteiger partial charge in [-0.15, -0.1) is 0 Å². The van der Waals surface area contributed by atoms with Crippen LogP contribution in [0.1, 0.15) is 39.7 Å². The van der Waals surface area contributed by atoms with Crippen LogP contribution in [0.5, 0.6) is 0 Å². The van der Waals surface area contributed by atoms with E-state index in [9.17, 15) is 8.42 Å². The van der Waals surface area contributed by atoms with E-state index < -0.39 is 10.0 Å². The van der Waals surface area contributed by atoms with Crippen molar-refractivity contribution in [2.45, 2.75) is 44.7 Å². The van der Waals surface area contributed by atoms with Crippen molar-refractivity contribution >= 4 is 21.7 Å². The molecule has 1 aliphatic rings. The van der Waals surface area contributed by atoms with Gasteiger partial charge in [0.15, 0.2) is 5.03 Å². The van der Waals surface area contributed by atoms with Gasteiger partial charge in [0.2, 0.25) is 5.95 Å². The van der Waals surface area contributed by atoms with E-state index in [1.165, 1.54) is 24.9 Å². The Bertz CT molecular complexity index is 807. The van der Waals surface area contributed by atoms with Gasteiger partial charge in [-0.2, -0.15) is 8.42 Å². The van der Waals surface area contributed by atoms with Gasteiger partial charge >= 0.3 is 0 Å². The van der Waals surface area contributed by atoms with Crippen LogP contribution in [0.4, 0.5) is 11.6 Å². The fourth-order valence-electron chi connectivity index (χ4n) is 2.69. The van der Waals surface area contributed by atoms with Crippen LogP contribution in [0.15, 0.2) is 29.9 Å². The molecule has 3 heterocycles. The lowest BCUT2D eigenvalue weighted by Gasteiger charge is -2.30. The zero-order valence-electron chi connectivity index (χ0n) is 14.8. The summed E-state index contributed by atoms with van der Waals surface area (Å²) < 4.78 is 29.0. The second-order valence-electron chi connectivity index (χ2n) is 6.80. The molecule has 9 heteroatoms. The lowest BCUT2D eigenvalue weighted by atomic mass is 10.00. The first-order chi connectivity index (χ1) is 11.8. The molecular formula is C16H24N6O2S. The monoisotopic (exact) mass is 364 g/mol. The molecule has 0 saturated carbocycles. The molecule has 0 unspecified atom stereocenters. The highest BCUT2D eigenvalue weighted by molar-refractivity contribution is 7.92. The Morgan fingerprint density at radius 3 is 2.36 bits per heavy atom. The van der Waals surface area contributed by atoms with Crippen LogP contribution >= 0.6 is 0 Å². The fraction of sp³-hybridized carbons (Fsp3) is 0.562. The SMILES string of the molecule is CC1CCN(c2ncc(NS(=O)(=O)c3cn(C(C)C)cn3)cn2)CC1. The highest BCUT2D eigenvalue weighted by Crippen LogP contribution is 2.21. The smallest absolute Gasteiger partial charge is 0.281 e. The number of rotatable bonds is 5. The van der Waals surface area contributed by atoms with Crippen molar-refractivity contribution in [2.75, 3.05) is 22.7 Å². The first kappa shape index (κ1) is 17.7. The number of nitrogens with zero attached hydrogens (tertiary/aromatic N) is 5. The van der Waals surface area contributed by atoms with Crippen molar-refractivity contribution in [1.29, 1.82) is 0 Å². The number of aromatic nitrogens is 4. The van der Waals surface area contributed by atoms with Gasteiger partial charge in [-0.05, 0) is 32.6 Å². The molecule has 1 N–H and O–H groups in total. The second kappa shape index (κ2) is 6.99. The molecule has 0 aliphatic carbocycles. The van der Waals surface area contributed by atoms with Gasteiger partial charge in [-0.1, -0.05) is 6.92 Å². The second-order valence-corrected chi connectivity index (χ2v) is 8.43. The minimum atomic E-state index is -3.75. The van der Waals surface area contributed by atoms with Crippen molar-refractivity contribution in [2.24, 2.45) is 5.92 Å². The van der Waals surface area contributed by atoms with E-state index in [2.05, 4.69) is 31.5 Å². The Kier molecular flexibility index (Phi) is 4.94. The van der Waals surface area contributed by atoms with Gasteiger partial charge < -0.3 is 9.47 Å². The molecule has 8 nitrogen and oxygen atoms in total. The Morgan fingerprint density at radius 2 is 1.80 bits per heavy atom. The number of anilines is 2. The van der Waals surface area contributed by atoms with Gasteiger partial charge in [0.05, 0.1) is 24.4 Å². The fourth-order valence-corrected chi connectivity index (χ4v) is 3.66. The largest absolute Gasteiger partial charge is 0.341 e. The topological polar surface area (TPSA) is 93.0 Å². The Balaban J connectivity index is 1.69. The molecule has 0 radical (unpaired) electrons. The minimum absolute atomic E-state index is 0.0182. The summed E-state index contributed by atoms with van der Waals surface area (Å²) in [6, 6.07) is 0.145. The van der Waals surface area contributed by atoms with Crippen LogP contribution in [-0.2, 0) is 10.0 Å². The Hall–Kier alpha value is -2.16. The highest BCUT2D eigenvalue weighted by atomic mass is 32.2. The van der Waals surface area contributed by atoms with E-state index in [-0.39, 0.29) is 11.1 Å². The lowest BCUT2D eigenvalue weighted by molar-refractivity contribution is 0.434.